The zero-order chi connectivity index (χ0) is 10.1. The summed E-state index contributed by atoms with van der Waals surface area (Å²) in [6, 6.07) is 3.73. The minimum absolute atomic E-state index is 0.0919. The Morgan fingerprint density at radius 3 is 3.00 bits per heavy atom. The van der Waals surface area contributed by atoms with E-state index >= 15 is 0 Å². The smallest absolute Gasteiger partial charge is 0.225 e. The molecule has 0 aromatic carbocycles. The van der Waals surface area contributed by atoms with Crippen LogP contribution in [-0.2, 0) is 18.3 Å². The molecule has 0 saturated carbocycles. The molecular weight excluding hydrogens is 180 g/mol. The van der Waals surface area contributed by atoms with Crippen molar-refractivity contribution in [2.45, 2.75) is 6.42 Å². The lowest BCUT2D eigenvalue weighted by atomic mass is 10.3. The maximum absolute atomic E-state index is 10.7. The number of aromatic nitrogens is 3. The van der Waals surface area contributed by atoms with Gasteiger partial charge in [0.1, 0.15) is 11.5 Å². The topological polar surface area (TPSA) is 73.8 Å². The van der Waals surface area contributed by atoms with Crippen LogP contribution in [0.4, 0.5) is 0 Å². The summed E-state index contributed by atoms with van der Waals surface area (Å²) in [7, 11) is 1.88. The number of nitrogens with zero attached hydrogens (tertiary/aromatic N) is 3. The van der Waals surface area contributed by atoms with Crippen molar-refractivity contribution in [2.75, 3.05) is 0 Å². The molecule has 0 unspecified atom stereocenters. The quantitative estimate of drug-likeness (QED) is 0.721. The number of hydrogen-bond donors (Lipinski definition) is 1. The van der Waals surface area contributed by atoms with Gasteiger partial charge in [0.2, 0.25) is 5.91 Å². The number of imidazole rings is 1. The molecule has 0 saturated heterocycles. The van der Waals surface area contributed by atoms with Gasteiger partial charge in [-0.3, -0.25) is 4.79 Å². The number of hydrogen-bond acceptors (Lipinski definition) is 3. The van der Waals surface area contributed by atoms with Crippen LogP contribution in [0.5, 0.6) is 0 Å². The van der Waals surface area contributed by atoms with Crippen molar-refractivity contribution in [3.63, 3.8) is 0 Å². The van der Waals surface area contributed by atoms with E-state index in [1.54, 1.807) is 0 Å². The first-order valence-electron chi connectivity index (χ1n) is 4.23. The Kier molecular flexibility index (Phi) is 1.92. The molecular formula is C9H10N4O. The molecule has 2 aliphatic heterocycles. The van der Waals surface area contributed by atoms with E-state index in [1.165, 1.54) is 0 Å². The number of amides is 1. The zero-order valence-electron chi connectivity index (χ0n) is 7.77. The summed E-state index contributed by atoms with van der Waals surface area (Å²) in [4.78, 5) is 19.1. The van der Waals surface area contributed by atoms with E-state index in [-0.39, 0.29) is 6.42 Å². The third kappa shape index (κ3) is 1.44. The summed E-state index contributed by atoms with van der Waals surface area (Å²) in [5.41, 5.74) is 5.84. The van der Waals surface area contributed by atoms with Crippen molar-refractivity contribution in [1.29, 1.82) is 0 Å². The van der Waals surface area contributed by atoms with Crippen molar-refractivity contribution in [2.24, 2.45) is 12.8 Å². The Morgan fingerprint density at radius 2 is 2.36 bits per heavy atom. The normalized spacial score (nSPS) is 10.6. The number of nitrogens with two attached hydrogens (primary N) is 1. The molecule has 2 heterocycles. The third-order valence-electron chi connectivity index (χ3n) is 1.94. The van der Waals surface area contributed by atoms with Gasteiger partial charge >= 0.3 is 0 Å². The van der Waals surface area contributed by atoms with Crippen LogP contribution in [-0.4, -0.2) is 20.4 Å². The second-order valence-electron chi connectivity index (χ2n) is 3.11. The van der Waals surface area contributed by atoms with Crippen LogP contribution < -0.4 is 5.73 Å². The fourth-order valence-electron chi connectivity index (χ4n) is 1.33. The lowest BCUT2D eigenvalue weighted by Gasteiger charge is -2.01. The van der Waals surface area contributed by atoms with Crippen molar-refractivity contribution >= 4 is 5.91 Å². The van der Waals surface area contributed by atoms with Crippen LogP contribution in [0, 0.1) is 0 Å². The fraction of sp³-hybridized carbons (Fsp3) is 0.222. The lowest BCUT2D eigenvalue weighted by Crippen LogP contribution is -2.14. The summed E-state index contributed by atoms with van der Waals surface area (Å²) in [6.07, 6.45) is 1.97. The van der Waals surface area contributed by atoms with Gasteiger partial charge in [0.15, 0.2) is 5.82 Å². The SMILES string of the molecule is Cn1cccc2nc(CC(N)=O)nc1-2. The van der Waals surface area contributed by atoms with Gasteiger partial charge in [-0.15, -0.1) is 0 Å². The predicted octanol–water partition coefficient (Wildman–Crippen LogP) is -0.0523. The Balaban J connectivity index is 2.46. The molecule has 14 heavy (non-hydrogen) atoms. The van der Waals surface area contributed by atoms with Gasteiger partial charge < -0.3 is 10.3 Å². The Bertz CT molecular complexity index is 448. The van der Waals surface area contributed by atoms with E-state index in [4.69, 9.17) is 5.73 Å². The van der Waals surface area contributed by atoms with E-state index in [9.17, 15) is 4.79 Å². The average Bonchev–Trinajstić information content (AvgIpc) is 2.47. The Hall–Kier alpha value is -1.91. The Labute approximate surface area is 80.9 Å². The van der Waals surface area contributed by atoms with Crippen molar-refractivity contribution in [3.05, 3.63) is 24.2 Å². The molecule has 0 aromatic rings. The van der Waals surface area contributed by atoms with Gasteiger partial charge in [-0.1, -0.05) is 0 Å². The molecule has 2 aliphatic rings. The van der Waals surface area contributed by atoms with E-state index in [2.05, 4.69) is 9.97 Å². The molecule has 5 nitrogen and oxygen atoms in total. The molecule has 0 aromatic heterocycles. The molecule has 0 spiro atoms. The number of aryl methyl sites for hydroxylation is 1. The summed E-state index contributed by atoms with van der Waals surface area (Å²) in [6.45, 7) is 0. The number of fused-ring (bicyclic) bond motifs is 1. The van der Waals surface area contributed by atoms with Gasteiger partial charge in [0, 0.05) is 13.2 Å². The highest BCUT2D eigenvalue weighted by Crippen LogP contribution is 2.17. The van der Waals surface area contributed by atoms with E-state index in [1.807, 2.05) is 29.9 Å². The molecule has 2 rings (SSSR count). The number of primary amides is 1. The van der Waals surface area contributed by atoms with Crippen LogP contribution in [0.15, 0.2) is 18.3 Å². The number of carbonyl (C=O) groups excluding carboxylic acids is 1. The van der Waals surface area contributed by atoms with Crippen LogP contribution >= 0.6 is 0 Å². The second kappa shape index (κ2) is 3.10. The summed E-state index contributed by atoms with van der Waals surface area (Å²) in [5, 5.41) is 0. The fourth-order valence-corrected chi connectivity index (χ4v) is 1.33. The highest BCUT2D eigenvalue weighted by molar-refractivity contribution is 5.76. The van der Waals surface area contributed by atoms with Crippen LogP contribution in [0.3, 0.4) is 0 Å². The standard InChI is InChI=1S/C9H10N4O/c1-13-4-2-3-6-9(13)12-8(11-6)5-7(10)14/h2-4H,5H2,1H3,(H2,10,14). The predicted molar refractivity (Wildman–Crippen MR) is 50.5 cm³/mol. The number of rotatable bonds is 2. The Morgan fingerprint density at radius 1 is 1.57 bits per heavy atom. The van der Waals surface area contributed by atoms with E-state index in [0.29, 0.717) is 5.82 Å². The van der Waals surface area contributed by atoms with Crippen molar-refractivity contribution in [1.82, 2.24) is 14.5 Å². The maximum atomic E-state index is 10.7. The largest absolute Gasteiger partial charge is 0.369 e. The molecule has 1 amide bonds. The zero-order valence-corrected chi connectivity index (χ0v) is 7.77. The first-order chi connectivity index (χ1) is 6.66. The number of pyridine rings is 1. The molecule has 2 N–H and O–H groups in total. The molecule has 5 heteroatoms. The number of carbonyl (C=O) groups is 1. The van der Waals surface area contributed by atoms with Gasteiger partial charge in [-0.2, -0.15) is 0 Å². The molecule has 0 bridgehead atoms. The molecule has 72 valence electrons. The lowest BCUT2D eigenvalue weighted by molar-refractivity contribution is -0.117. The van der Waals surface area contributed by atoms with Gasteiger partial charge in [0.05, 0.1) is 6.42 Å². The van der Waals surface area contributed by atoms with Crippen molar-refractivity contribution < 1.29 is 4.79 Å². The van der Waals surface area contributed by atoms with E-state index in [0.717, 1.165) is 11.5 Å². The second-order valence-corrected chi connectivity index (χ2v) is 3.11. The minimum atomic E-state index is -0.414. The first-order valence-corrected chi connectivity index (χ1v) is 4.23. The van der Waals surface area contributed by atoms with Gasteiger partial charge in [-0.05, 0) is 12.1 Å². The molecule has 0 aliphatic carbocycles. The maximum Gasteiger partial charge on any atom is 0.225 e. The van der Waals surface area contributed by atoms with Crippen LogP contribution in [0.1, 0.15) is 5.82 Å². The molecule has 0 atom stereocenters. The van der Waals surface area contributed by atoms with E-state index < -0.39 is 5.91 Å². The summed E-state index contributed by atoms with van der Waals surface area (Å²) >= 11 is 0. The van der Waals surface area contributed by atoms with Crippen molar-refractivity contribution in [3.8, 4) is 11.5 Å². The van der Waals surface area contributed by atoms with Gasteiger partial charge in [-0.25, -0.2) is 9.97 Å². The highest BCUT2D eigenvalue weighted by Gasteiger charge is 2.13. The monoisotopic (exact) mass is 190 g/mol. The van der Waals surface area contributed by atoms with Crippen LogP contribution in [0.2, 0.25) is 0 Å². The average molecular weight is 190 g/mol. The highest BCUT2D eigenvalue weighted by atomic mass is 16.1. The van der Waals surface area contributed by atoms with Crippen LogP contribution in [0.25, 0.3) is 11.5 Å². The van der Waals surface area contributed by atoms with Gasteiger partial charge in [0.25, 0.3) is 0 Å². The molecule has 0 radical (unpaired) electrons. The summed E-state index contributed by atoms with van der Waals surface area (Å²) < 4.78 is 1.85. The molecule has 0 fully saturated rings. The third-order valence-corrected chi connectivity index (χ3v) is 1.94. The summed E-state index contributed by atoms with van der Waals surface area (Å²) in [5.74, 6) is 0.834. The first kappa shape index (κ1) is 8.68. The minimum Gasteiger partial charge on any atom is -0.369 e.